The minimum atomic E-state index is 0.524. The first-order valence-corrected chi connectivity index (χ1v) is 8.23. The molecule has 3 aromatic rings. The number of hydrogen-bond acceptors (Lipinski definition) is 5. The lowest BCUT2D eigenvalue weighted by atomic mass is 10.2. The maximum atomic E-state index is 5.88. The summed E-state index contributed by atoms with van der Waals surface area (Å²) in [7, 11) is 1.68. The third-order valence-electron chi connectivity index (χ3n) is 3.09. The van der Waals surface area contributed by atoms with Crippen molar-refractivity contribution in [3.63, 3.8) is 0 Å². The first kappa shape index (κ1) is 16.8. The van der Waals surface area contributed by atoms with Crippen LogP contribution < -0.4 is 16.8 Å². The van der Waals surface area contributed by atoms with E-state index in [1.54, 1.807) is 24.6 Å². The van der Waals surface area contributed by atoms with Crippen molar-refractivity contribution in [3.8, 4) is 0 Å². The van der Waals surface area contributed by atoms with Crippen molar-refractivity contribution < 1.29 is 0 Å². The van der Waals surface area contributed by atoms with Gasteiger partial charge < -0.3 is 16.8 Å². The van der Waals surface area contributed by atoms with E-state index in [1.165, 1.54) is 0 Å². The zero-order valence-electron chi connectivity index (χ0n) is 13.5. The Bertz CT molecular complexity index is 805. The van der Waals surface area contributed by atoms with Gasteiger partial charge in [0, 0.05) is 24.6 Å². The van der Waals surface area contributed by atoms with Gasteiger partial charge in [-0.3, -0.25) is 9.98 Å². The second-order valence-corrected chi connectivity index (χ2v) is 5.59. The average Bonchev–Trinajstić information content (AvgIpc) is 3.03. The Hall–Kier alpha value is -2.60. The minimum Gasteiger partial charge on any atom is -0.399 e. The predicted octanol–water partition coefficient (Wildman–Crippen LogP) is 3.98. The molecule has 0 amide bonds. The molecule has 0 aliphatic rings. The van der Waals surface area contributed by atoms with Gasteiger partial charge in [-0.15, -0.1) is 11.3 Å². The van der Waals surface area contributed by atoms with Crippen LogP contribution in [-0.2, 0) is 0 Å². The van der Waals surface area contributed by atoms with Gasteiger partial charge in [-0.2, -0.15) is 0 Å². The number of pyridine rings is 1. The standard InChI is InChI=1S/C15H15N5S.C2H6/c1-18-15(17)13-8-12-14(21-13)11(6-7-19-12)20-10-4-2-9(16)3-5-10;1-2/h2-8H,16H2,1H3,(H2,17,18)(H,19,20);1-2H3. The Labute approximate surface area is 140 Å². The molecule has 6 heteroatoms. The Balaban J connectivity index is 0.000000924. The van der Waals surface area contributed by atoms with E-state index in [0.717, 1.165) is 32.2 Å². The van der Waals surface area contributed by atoms with Crippen LogP contribution in [0.25, 0.3) is 10.2 Å². The number of anilines is 3. The van der Waals surface area contributed by atoms with Gasteiger partial charge in [0.1, 0.15) is 5.84 Å². The van der Waals surface area contributed by atoms with E-state index in [4.69, 9.17) is 11.5 Å². The zero-order chi connectivity index (χ0) is 16.8. The highest BCUT2D eigenvalue weighted by Crippen LogP contribution is 2.32. The van der Waals surface area contributed by atoms with Crippen LogP contribution in [0.3, 0.4) is 0 Å². The second kappa shape index (κ2) is 7.60. The quantitative estimate of drug-likeness (QED) is 0.385. The summed E-state index contributed by atoms with van der Waals surface area (Å²) in [6.07, 6.45) is 1.78. The summed E-state index contributed by atoms with van der Waals surface area (Å²) in [5.74, 6) is 0.524. The van der Waals surface area contributed by atoms with Crippen LogP contribution in [0.15, 0.2) is 47.6 Å². The fraction of sp³-hybridized carbons (Fsp3) is 0.176. The maximum Gasteiger partial charge on any atom is 0.135 e. The molecule has 0 unspecified atom stereocenters. The number of benzene rings is 1. The summed E-state index contributed by atoms with van der Waals surface area (Å²) in [5, 5.41) is 3.38. The molecule has 5 nitrogen and oxygen atoms in total. The molecule has 0 saturated carbocycles. The molecule has 0 spiro atoms. The number of aliphatic imine (C=N–C) groups is 1. The van der Waals surface area contributed by atoms with E-state index in [0.29, 0.717) is 5.84 Å². The average molecular weight is 327 g/mol. The molecule has 23 heavy (non-hydrogen) atoms. The highest BCUT2D eigenvalue weighted by molar-refractivity contribution is 7.21. The van der Waals surface area contributed by atoms with Crippen molar-refractivity contribution in [1.29, 1.82) is 0 Å². The van der Waals surface area contributed by atoms with Crippen molar-refractivity contribution >= 4 is 44.5 Å². The smallest absolute Gasteiger partial charge is 0.135 e. The van der Waals surface area contributed by atoms with E-state index in [9.17, 15) is 0 Å². The lowest BCUT2D eigenvalue weighted by Gasteiger charge is -2.07. The molecule has 2 heterocycles. The number of thiophene rings is 1. The second-order valence-electron chi connectivity index (χ2n) is 4.54. The summed E-state index contributed by atoms with van der Waals surface area (Å²) < 4.78 is 1.05. The molecule has 0 saturated heterocycles. The van der Waals surface area contributed by atoms with E-state index >= 15 is 0 Å². The van der Waals surface area contributed by atoms with Gasteiger partial charge in [0.25, 0.3) is 0 Å². The summed E-state index contributed by atoms with van der Waals surface area (Å²) in [4.78, 5) is 9.32. The Morgan fingerprint density at radius 3 is 2.52 bits per heavy atom. The lowest BCUT2D eigenvalue weighted by Crippen LogP contribution is -2.10. The predicted molar refractivity (Wildman–Crippen MR) is 102 cm³/mol. The lowest BCUT2D eigenvalue weighted by molar-refractivity contribution is 1.40. The summed E-state index contributed by atoms with van der Waals surface area (Å²) in [6.45, 7) is 4.00. The summed E-state index contributed by atoms with van der Waals surface area (Å²) in [5.41, 5.74) is 15.2. The normalized spacial score (nSPS) is 11.0. The zero-order valence-corrected chi connectivity index (χ0v) is 14.3. The van der Waals surface area contributed by atoms with E-state index in [1.807, 2.05) is 50.2 Å². The first-order chi connectivity index (χ1) is 11.2. The molecule has 0 fully saturated rings. The molecular formula is C17H21N5S. The molecule has 0 bridgehead atoms. The van der Waals surface area contributed by atoms with E-state index in [-0.39, 0.29) is 0 Å². The van der Waals surface area contributed by atoms with Gasteiger partial charge >= 0.3 is 0 Å². The third-order valence-corrected chi connectivity index (χ3v) is 4.28. The monoisotopic (exact) mass is 327 g/mol. The molecule has 0 aliphatic heterocycles. The highest BCUT2D eigenvalue weighted by Gasteiger charge is 2.09. The maximum absolute atomic E-state index is 5.88. The minimum absolute atomic E-state index is 0.524. The number of nitrogen functional groups attached to an aromatic ring is 1. The van der Waals surface area contributed by atoms with E-state index in [2.05, 4.69) is 15.3 Å². The molecular weight excluding hydrogens is 306 g/mol. The first-order valence-electron chi connectivity index (χ1n) is 7.41. The number of nitrogens with two attached hydrogens (primary N) is 2. The molecule has 5 N–H and O–H groups in total. The van der Waals surface area contributed by atoms with Gasteiger partial charge in [0.05, 0.1) is 20.8 Å². The van der Waals surface area contributed by atoms with Gasteiger partial charge in [-0.1, -0.05) is 13.8 Å². The highest BCUT2D eigenvalue weighted by atomic mass is 32.1. The third kappa shape index (κ3) is 3.78. The number of fused-ring (bicyclic) bond motifs is 1. The Kier molecular flexibility index (Phi) is 5.54. The largest absolute Gasteiger partial charge is 0.399 e. The summed E-state index contributed by atoms with van der Waals surface area (Å²) >= 11 is 1.57. The molecule has 1 aromatic carbocycles. The van der Waals surface area contributed by atoms with Gasteiger partial charge in [-0.25, -0.2) is 0 Å². The SMILES string of the molecule is CC.CN=C(N)c1cc2nccc(Nc3ccc(N)cc3)c2s1. The van der Waals surface area contributed by atoms with E-state index < -0.39 is 0 Å². The van der Waals surface area contributed by atoms with Crippen LogP contribution in [0.1, 0.15) is 18.7 Å². The van der Waals surface area contributed by atoms with Crippen molar-refractivity contribution in [1.82, 2.24) is 4.98 Å². The topological polar surface area (TPSA) is 89.3 Å². The summed E-state index contributed by atoms with van der Waals surface area (Å²) in [6, 6.07) is 11.5. The fourth-order valence-electron chi connectivity index (χ4n) is 1.99. The van der Waals surface area contributed by atoms with Crippen molar-refractivity contribution in [2.24, 2.45) is 10.7 Å². The Morgan fingerprint density at radius 1 is 1.17 bits per heavy atom. The van der Waals surface area contributed by atoms with Crippen molar-refractivity contribution in [2.45, 2.75) is 13.8 Å². The van der Waals surface area contributed by atoms with Crippen LogP contribution in [0.2, 0.25) is 0 Å². The van der Waals surface area contributed by atoms with Gasteiger partial charge in [0.15, 0.2) is 0 Å². The van der Waals surface area contributed by atoms with Crippen LogP contribution in [0, 0.1) is 0 Å². The Morgan fingerprint density at radius 2 is 1.87 bits per heavy atom. The molecule has 0 aliphatic carbocycles. The van der Waals surface area contributed by atoms with Gasteiger partial charge in [0.2, 0.25) is 0 Å². The van der Waals surface area contributed by atoms with Crippen LogP contribution in [0.5, 0.6) is 0 Å². The molecule has 0 atom stereocenters. The number of hydrogen-bond donors (Lipinski definition) is 3. The van der Waals surface area contributed by atoms with Crippen LogP contribution in [0.4, 0.5) is 17.1 Å². The van der Waals surface area contributed by atoms with Crippen molar-refractivity contribution in [3.05, 3.63) is 47.5 Å². The number of rotatable bonds is 3. The van der Waals surface area contributed by atoms with Gasteiger partial charge in [-0.05, 0) is 36.4 Å². The molecule has 3 rings (SSSR count). The number of nitrogens with one attached hydrogen (secondary N) is 1. The fourth-order valence-corrected chi connectivity index (χ4v) is 3.03. The number of amidine groups is 1. The molecule has 0 radical (unpaired) electrons. The molecule has 120 valence electrons. The van der Waals surface area contributed by atoms with Crippen molar-refractivity contribution in [2.75, 3.05) is 18.1 Å². The number of nitrogens with zero attached hydrogens (tertiary/aromatic N) is 2. The van der Waals surface area contributed by atoms with Crippen LogP contribution in [-0.4, -0.2) is 17.9 Å². The van der Waals surface area contributed by atoms with Crippen LogP contribution >= 0.6 is 11.3 Å². The number of aromatic nitrogens is 1. The molecule has 2 aromatic heterocycles.